The van der Waals surface area contributed by atoms with Gasteiger partial charge in [0.1, 0.15) is 11.5 Å². The van der Waals surface area contributed by atoms with Crippen LogP contribution in [0.1, 0.15) is 41.4 Å². The zero-order valence-corrected chi connectivity index (χ0v) is 11.0. The fraction of sp³-hybridized carbons (Fsp3) is 0.400. The number of ketones is 1. The third-order valence-corrected chi connectivity index (χ3v) is 4.63. The number of hydrogen-bond acceptors (Lipinski definition) is 3. The van der Waals surface area contributed by atoms with E-state index in [-0.39, 0.29) is 5.92 Å². The van der Waals surface area contributed by atoms with Gasteiger partial charge in [-0.1, -0.05) is 0 Å². The van der Waals surface area contributed by atoms with E-state index in [1.165, 1.54) is 10.4 Å². The van der Waals surface area contributed by atoms with E-state index < -0.39 is 0 Å². The predicted octanol–water partition coefficient (Wildman–Crippen LogP) is 3.96. The fourth-order valence-corrected chi connectivity index (χ4v) is 3.68. The minimum atomic E-state index is 0.134. The van der Waals surface area contributed by atoms with Gasteiger partial charge in [0.25, 0.3) is 0 Å². The Bertz CT molecular complexity index is 524. The fourth-order valence-electron chi connectivity index (χ4n) is 2.70. The van der Waals surface area contributed by atoms with Gasteiger partial charge >= 0.3 is 0 Å². The van der Waals surface area contributed by atoms with Crippen molar-refractivity contribution >= 4 is 17.1 Å². The van der Waals surface area contributed by atoms with Crippen molar-refractivity contribution in [2.75, 3.05) is 0 Å². The lowest BCUT2D eigenvalue weighted by Crippen LogP contribution is -2.17. The molecular formula is C15H16O2S. The summed E-state index contributed by atoms with van der Waals surface area (Å²) in [6, 6.07) is 5.94. The zero-order chi connectivity index (χ0) is 12.4. The zero-order valence-electron chi connectivity index (χ0n) is 10.2. The second kappa shape index (κ2) is 5.11. The van der Waals surface area contributed by atoms with Crippen LogP contribution in [-0.2, 0) is 17.6 Å². The number of hydrogen-bond donors (Lipinski definition) is 0. The SMILES string of the molecule is O=C(CCc1ccco1)C1CCCc2sccc21. The molecule has 0 aromatic carbocycles. The molecule has 3 rings (SSSR count). The minimum Gasteiger partial charge on any atom is -0.469 e. The van der Waals surface area contributed by atoms with Gasteiger partial charge in [-0.2, -0.15) is 0 Å². The van der Waals surface area contributed by atoms with Crippen molar-refractivity contribution in [1.82, 2.24) is 0 Å². The molecule has 1 aliphatic rings. The Morgan fingerprint density at radius 3 is 3.22 bits per heavy atom. The van der Waals surface area contributed by atoms with E-state index in [9.17, 15) is 4.79 Å². The van der Waals surface area contributed by atoms with Crippen molar-refractivity contribution in [2.45, 2.75) is 38.0 Å². The molecule has 2 nitrogen and oxygen atoms in total. The molecule has 18 heavy (non-hydrogen) atoms. The Morgan fingerprint density at radius 2 is 2.39 bits per heavy atom. The maximum Gasteiger partial charge on any atom is 0.140 e. The number of furan rings is 1. The highest BCUT2D eigenvalue weighted by Crippen LogP contribution is 2.36. The number of thiophene rings is 1. The number of aryl methyl sites for hydroxylation is 2. The lowest BCUT2D eigenvalue weighted by atomic mass is 9.83. The van der Waals surface area contributed by atoms with Crippen LogP contribution < -0.4 is 0 Å². The van der Waals surface area contributed by atoms with Crippen molar-refractivity contribution < 1.29 is 9.21 Å². The Balaban J connectivity index is 1.67. The highest BCUT2D eigenvalue weighted by molar-refractivity contribution is 7.10. The highest BCUT2D eigenvalue weighted by Gasteiger charge is 2.26. The molecule has 0 N–H and O–H groups in total. The number of Topliss-reactive ketones (excluding diaryl/α,β-unsaturated/α-hetero) is 1. The first kappa shape index (κ1) is 11.7. The molecule has 2 aromatic heterocycles. The first-order valence-electron chi connectivity index (χ1n) is 6.46. The van der Waals surface area contributed by atoms with Crippen molar-refractivity contribution in [3.05, 3.63) is 46.0 Å². The van der Waals surface area contributed by atoms with Gasteiger partial charge in [0.05, 0.1) is 6.26 Å². The number of rotatable bonds is 4. The summed E-state index contributed by atoms with van der Waals surface area (Å²) in [5.41, 5.74) is 1.29. The molecule has 0 saturated carbocycles. The molecule has 0 spiro atoms. The molecule has 2 heterocycles. The van der Waals surface area contributed by atoms with Gasteiger partial charge in [-0.05, 0) is 48.4 Å². The monoisotopic (exact) mass is 260 g/mol. The van der Waals surface area contributed by atoms with Crippen LogP contribution in [-0.4, -0.2) is 5.78 Å². The normalized spacial score (nSPS) is 18.6. The molecule has 0 radical (unpaired) electrons. The number of carbonyl (C=O) groups is 1. The van der Waals surface area contributed by atoms with Crippen molar-refractivity contribution in [3.63, 3.8) is 0 Å². The number of fused-ring (bicyclic) bond motifs is 1. The average molecular weight is 260 g/mol. The van der Waals surface area contributed by atoms with Gasteiger partial charge in [0, 0.05) is 23.6 Å². The molecule has 1 atom stereocenters. The molecule has 0 fully saturated rings. The maximum absolute atomic E-state index is 12.3. The van der Waals surface area contributed by atoms with E-state index in [2.05, 4.69) is 11.4 Å². The summed E-state index contributed by atoms with van der Waals surface area (Å²) >= 11 is 1.79. The van der Waals surface area contributed by atoms with Crippen LogP contribution in [0.15, 0.2) is 34.3 Å². The molecule has 0 amide bonds. The summed E-state index contributed by atoms with van der Waals surface area (Å²) in [4.78, 5) is 13.7. The largest absolute Gasteiger partial charge is 0.469 e. The summed E-state index contributed by atoms with van der Waals surface area (Å²) < 4.78 is 5.28. The maximum atomic E-state index is 12.3. The van der Waals surface area contributed by atoms with E-state index in [0.717, 1.165) is 31.4 Å². The van der Waals surface area contributed by atoms with Crippen LogP contribution in [0.25, 0.3) is 0 Å². The summed E-state index contributed by atoms with van der Waals surface area (Å²) in [6.45, 7) is 0. The van der Waals surface area contributed by atoms with Crippen LogP contribution in [0.2, 0.25) is 0 Å². The third-order valence-electron chi connectivity index (χ3n) is 3.64. The van der Waals surface area contributed by atoms with E-state index >= 15 is 0 Å². The van der Waals surface area contributed by atoms with Crippen molar-refractivity contribution in [2.24, 2.45) is 0 Å². The summed E-state index contributed by atoms with van der Waals surface area (Å²) in [6.07, 6.45) is 6.28. The van der Waals surface area contributed by atoms with E-state index in [1.54, 1.807) is 17.6 Å². The molecule has 0 saturated heterocycles. The van der Waals surface area contributed by atoms with Crippen LogP contribution >= 0.6 is 11.3 Å². The van der Waals surface area contributed by atoms with Crippen LogP contribution in [0, 0.1) is 0 Å². The van der Waals surface area contributed by atoms with Gasteiger partial charge in [0.2, 0.25) is 0 Å². The van der Waals surface area contributed by atoms with E-state index in [1.807, 2.05) is 12.1 Å². The highest BCUT2D eigenvalue weighted by atomic mass is 32.1. The first-order chi connectivity index (χ1) is 8.84. The second-order valence-corrected chi connectivity index (χ2v) is 5.79. The summed E-state index contributed by atoms with van der Waals surface area (Å²) in [5.74, 6) is 1.41. The standard InChI is InChI=1S/C15H16O2S/c16-14(7-6-11-3-2-9-17-11)12-4-1-5-15-13(12)8-10-18-15/h2-3,8-10,12H,1,4-7H2. The molecule has 1 unspecified atom stereocenters. The van der Waals surface area contributed by atoms with E-state index in [4.69, 9.17) is 4.42 Å². The minimum absolute atomic E-state index is 0.134. The Hall–Kier alpha value is -1.35. The summed E-state index contributed by atoms with van der Waals surface area (Å²) in [5, 5.41) is 2.11. The van der Waals surface area contributed by atoms with Crippen LogP contribution in [0.4, 0.5) is 0 Å². The first-order valence-corrected chi connectivity index (χ1v) is 7.34. The molecule has 3 heteroatoms. The topological polar surface area (TPSA) is 30.2 Å². The Labute approximate surface area is 111 Å². The Morgan fingerprint density at radius 1 is 1.44 bits per heavy atom. The molecule has 0 bridgehead atoms. The quantitative estimate of drug-likeness (QED) is 0.832. The molecular weight excluding hydrogens is 244 g/mol. The predicted molar refractivity (Wildman–Crippen MR) is 72.0 cm³/mol. The van der Waals surface area contributed by atoms with Crippen molar-refractivity contribution in [1.29, 1.82) is 0 Å². The molecule has 1 aliphatic carbocycles. The van der Waals surface area contributed by atoms with E-state index in [0.29, 0.717) is 12.2 Å². The second-order valence-electron chi connectivity index (χ2n) is 4.79. The molecule has 94 valence electrons. The lowest BCUT2D eigenvalue weighted by Gasteiger charge is -2.21. The smallest absolute Gasteiger partial charge is 0.140 e. The van der Waals surface area contributed by atoms with Crippen molar-refractivity contribution in [3.8, 4) is 0 Å². The molecule has 2 aromatic rings. The third kappa shape index (κ3) is 2.27. The van der Waals surface area contributed by atoms with Gasteiger partial charge < -0.3 is 4.42 Å². The number of carbonyl (C=O) groups excluding carboxylic acids is 1. The summed E-state index contributed by atoms with van der Waals surface area (Å²) in [7, 11) is 0. The molecule has 0 aliphatic heterocycles. The Kier molecular flexibility index (Phi) is 3.33. The van der Waals surface area contributed by atoms with Gasteiger partial charge in [0.15, 0.2) is 0 Å². The van der Waals surface area contributed by atoms with Gasteiger partial charge in [-0.3, -0.25) is 4.79 Å². The van der Waals surface area contributed by atoms with Gasteiger partial charge in [-0.25, -0.2) is 0 Å². The van der Waals surface area contributed by atoms with Gasteiger partial charge in [-0.15, -0.1) is 11.3 Å². The van der Waals surface area contributed by atoms with Crippen LogP contribution in [0.5, 0.6) is 0 Å². The lowest BCUT2D eigenvalue weighted by molar-refractivity contribution is -0.120. The van der Waals surface area contributed by atoms with Crippen LogP contribution in [0.3, 0.4) is 0 Å². The average Bonchev–Trinajstić information content (AvgIpc) is 3.05.